The maximum atomic E-state index is 4.50. The standard InChI is InChI=1S/C15H18N2/c1-15(2,3)12-7-8-14(17-11-12)10-13-6-4-5-9-16-13/h4-9,11H,10H2,1-3H3. The Morgan fingerprint density at radius 2 is 1.71 bits per heavy atom. The van der Waals surface area contributed by atoms with Gasteiger partial charge in [-0.25, -0.2) is 0 Å². The zero-order chi connectivity index (χ0) is 12.3. The summed E-state index contributed by atoms with van der Waals surface area (Å²) < 4.78 is 0. The van der Waals surface area contributed by atoms with Gasteiger partial charge in [-0.2, -0.15) is 0 Å². The maximum absolute atomic E-state index is 4.50. The lowest BCUT2D eigenvalue weighted by molar-refractivity contribution is 0.587. The first-order valence-corrected chi connectivity index (χ1v) is 5.91. The summed E-state index contributed by atoms with van der Waals surface area (Å²) in [6.07, 6.45) is 4.59. The molecule has 0 bridgehead atoms. The van der Waals surface area contributed by atoms with Crippen LogP contribution in [0.5, 0.6) is 0 Å². The van der Waals surface area contributed by atoms with E-state index in [9.17, 15) is 0 Å². The smallest absolute Gasteiger partial charge is 0.0463 e. The highest BCUT2D eigenvalue weighted by atomic mass is 14.7. The number of hydrogen-bond donors (Lipinski definition) is 0. The van der Waals surface area contributed by atoms with Crippen molar-refractivity contribution in [3.63, 3.8) is 0 Å². The summed E-state index contributed by atoms with van der Waals surface area (Å²) in [6.45, 7) is 6.59. The Labute approximate surface area is 103 Å². The van der Waals surface area contributed by atoms with E-state index in [1.807, 2.05) is 30.6 Å². The number of aromatic nitrogens is 2. The number of hydrogen-bond acceptors (Lipinski definition) is 2. The number of nitrogens with zero attached hydrogens (tertiary/aromatic N) is 2. The van der Waals surface area contributed by atoms with Gasteiger partial charge in [-0.15, -0.1) is 0 Å². The van der Waals surface area contributed by atoms with Gasteiger partial charge in [0.2, 0.25) is 0 Å². The minimum absolute atomic E-state index is 0.163. The maximum Gasteiger partial charge on any atom is 0.0463 e. The normalized spacial score (nSPS) is 11.5. The molecule has 2 aromatic heterocycles. The van der Waals surface area contributed by atoms with Gasteiger partial charge in [0, 0.05) is 30.2 Å². The van der Waals surface area contributed by atoms with Crippen molar-refractivity contribution in [2.75, 3.05) is 0 Å². The van der Waals surface area contributed by atoms with E-state index >= 15 is 0 Å². The molecule has 17 heavy (non-hydrogen) atoms. The van der Waals surface area contributed by atoms with Crippen molar-refractivity contribution in [3.05, 3.63) is 59.7 Å². The third-order valence-electron chi connectivity index (χ3n) is 2.78. The molecule has 2 aromatic rings. The zero-order valence-electron chi connectivity index (χ0n) is 10.6. The summed E-state index contributed by atoms with van der Waals surface area (Å²) in [5, 5.41) is 0. The first-order valence-electron chi connectivity index (χ1n) is 5.91. The van der Waals surface area contributed by atoms with Crippen LogP contribution in [0.4, 0.5) is 0 Å². The van der Waals surface area contributed by atoms with E-state index in [2.05, 4.69) is 42.9 Å². The number of rotatable bonds is 2. The molecular weight excluding hydrogens is 208 g/mol. The van der Waals surface area contributed by atoms with Crippen molar-refractivity contribution in [2.24, 2.45) is 0 Å². The molecule has 0 aliphatic heterocycles. The van der Waals surface area contributed by atoms with Gasteiger partial charge in [0.05, 0.1) is 0 Å². The fourth-order valence-electron chi connectivity index (χ4n) is 1.66. The van der Waals surface area contributed by atoms with Gasteiger partial charge >= 0.3 is 0 Å². The average Bonchev–Trinajstić information content (AvgIpc) is 2.30. The van der Waals surface area contributed by atoms with Crippen LogP contribution in [0.15, 0.2) is 42.7 Å². The second kappa shape index (κ2) is 4.66. The van der Waals surface area contributed by atoms with Gasteiger partial charge < -0.3 is 0 Å². The Morgan fingerprint density at radius 3 is 2.24 bits per heavy atom. The molecule has 2 nitrogen and oxygen atoms in total. The van der Waals surface area contributed by atoms with Crippen molar-refractivity contribution in [1.29, 1.82) is 0 Å². The molecule has 0 unspecified atom stereocenters. The van der Waals surface area contributed by atoms with E-state index in [-0.39, 0.29) is 5.41 Å². The Bertz CT molecular complexity index is 467. The highest BCUT2D eigenvalue weighted by Gasteiger charge is 2.13. The van der Waals surface area contributed by atoms with E-state index < -0.39 is 0 Å². The van der Waals surface area contributed by atoms with Crippen LogP contribution in [0.2, 0.25) is 0 Å². The van der Waals surface area contributed by atoms with Crippen LogP contribution in [0.3, 0.4) is 0 Å². The van der Waals surface area contributed by atoms with E-state index in [1.165, 1.54) is 5.56 Å². The molecule has 0 aliphatic carbocycles. The third kappa shape index (κ3) is 3.13. The molecule has 0 radical (unpaired) electrons. The Balaban J connectivity index is 2.14. The summed E-state index contributed by atoms with van der Waals surface area (Å²) in [5.41, 5.74) is 3.55. The van der Waals surface area contributed by atoms with Crippen LogP contribution in [-0.4, -0.2) is 9.97 Å². The largest absolute Gasteiger partial charge is 0.261 e. The molecule has 0 saturated heterocycles. The molecule has 0 amide bonds. The van der Waals surface area contributed by atoms with E-state index in [0.29, 0.717) is 0 Å². The van der Waals surface area contributed by atoms with Gasteiger partial charge in [-0.05, 0) is 29.2 Å². The van der Waals surface area contributed by atoms with Crippen molar-refractivity contribution in [3.8, 4) is 0 Å². The van der Waals surface area contributed by atoms with Gasteiger partial charge in [0.15, 0.2) is 0 Å². The van der Waals surface area contributed by atoms with Gasteiger partial charge in [-0.1, -0.05) is 32.9 Å². The molecule has 0 atom stereocenters. The lowest BCUT2D eigenvalue weighted by Crippen LogP contribution is -2.11. The lowest BCUT2D eigenvalue weighted by atomic mass is 9.88. The fourth-order valence-corrected chi connectivity index (χ4v) is 1.66. The quantitative estimate of drug-likeness (QED) is 0.784. The predicted octanol–water partition coefficient (Wildman–Crippen LogP) is 3.36. The molecule has 2 heteroatoms. The second-order valence-corrected chi connectivity index (χ2v) is 5.29. The lowest BCUT2D eigenvalue weighted by Gasteiger charge is -2.18. The van der Waals surface area contributed by atoms with Gasteiger partial charge in [-0.3, -0.25) is 9.97 Å². The molecule has 0 N–H and O–H groups in total. The van der Waals surface area contributed by atoms with Crippen molar-refractivity contribution < 1.29 is 0 Å². The van der Waals surface area contributed by atoms with Crippen LogP contribution in [0.1, 0.15) is 37.7 Å². The molecule has 0 saturated carbocycles. The Kier molecular flexibility index (Phi) is 3.23. The second-order valence-electron chi connectivity index (χ2n) is 5.29. The van der Waals surface area contributed by atoms with Gasteiger partial charge in [0.25, 0.3) is 0 Å². The first-order chi connectivity index (χ1) is 8.05. The Hall–Kier alpha value is -1.70. The molecule has 88 valence electrons. The molecule has 0 fully saturated rings. The van der Waals surface area contributed by atoms with E-state index in [4.69, 9.17) is 0 Å². The minimum atomic E-state index is 0.163. The highest BCUT2D eigenvalue weighted by molar-refractivity contribution is 5.23. The van der Waals surface area contributed by atoms with E-state index in [1.54, 1.807) is 0 Å². The summed E-state index contributed by atoms with van der Waals surface area (Å²) in [4.78, 5) is 8.81. The monoisotopic (exact) mass is 226 g/mol. The van der Waals surface area contributed by atoms with Crippen molar-refractivity contribution in [2.45, 2.75) is 32.6 Å². The van der Waals surface area contributed by atoms with Crippen molar-refractivity contribution >= 4 is 0 Å². The molecule has 0 spiro atoms. The van der Waals surface area contributed by atoms with E-state index in [0.717, 1.165) is 17.8 Å². The summed E-state index contributed by atoms with van der Waals surface area (Å²) in [6, 6.07) is 10.2. The number of pyridine rings is 2. The topological polar surface area (TPSA) is 25.8 Å². The zero-order valence-corrected chi connectivity index (χ0v) is 10.6. The van der Waals surface area contributed by atoms with Crippen LogP contribution >= 0.6 is 0 Å². The van der Waals surface area contributed by atoms with Crippen LogP contribution in [-0.2, 0) is 11.8 Å². The van der Waals surface area contributed by atoms with Crippen molar-refractivity contribution in [1.82, 2.24) is 9.97 Å². The van der Waals surface area contributed by atoms with Crippen LogP contribution in [0, 0.1) is 0 Å². The average molecular weight is 226 g/mol. The summed E-state index contributed by atoms with van der Waals surface area (Å²) >= 11 is 0. The Morgan fingerprint density at radius 1 is 0.941 bits per heavy atom. The minimum Gasteiger partial charge on any atom is -0.261 e. The molecule has 0 aliphatic rings. The van der Waals surface area contributed by atoms with Crippen LogP contribution < -0.4 is 0 Å². The molecule has 0 aromatic carbocycles. The predicted molar refractivity (Wildman–Crippen MR) is 70.0 cm³/mol. The first kappa shape index (κ1) is 11.8. The SMILES string of the molecule is CC(C)(C)c1ccc(Cc2ccccn2)nc1. The summed E-state index contributed by atoms with van der Waals surface area (Å²) in [5.74, 6) is 0. The van der Waals surface area contributed by atoms with Gasteiger partial charge in [0.1, 0.15) is 0 Å². The highest BCUT2D eigenvalue weighted by Crippen LogP contribution is 2.21. The molecular formula is C15H18N2. The third-order valence-corrected chi connectivity index (χ3v) is 2.78. The fraction of sp³-hybridized carbons (Fsp3) is 0.333. The molecule has 2 rings (SSSR count). The summed E-state index contributed by atoms with van der Waals surface area (Å²) in [7, 11) is 0. The molecule has 2 heterocycles. The van der Waals surface area contributed by atoms with Crippen LogP contribution in [0.25, 0.3) is 0 Å².